The second-order valence-electron chi connectivity index (χ2n) is 3.13. The van der Waals surface area contributed by atoms with E-state index in [1.165, 1.54) is 0 Å². The maximum Gasteiger partial charge on any atom is 0.251 e. The van der Waals surface area contributed by atoms with Crippen molar-refractivity contribution in [3.8, 4) is 12.3 Å². The Morgan fingerprint density at radius 3 is 2.42 bits per heavy atom. The van der Waals surface area contributed by atoms with Gasteiger partial charge in [-0.3, -0.25) is 4.90 Å². The molecule has 3 heteroatoms. The Bertz CT molecular complexity index is 166. The topological polar surface area (TPSA) is 3.24 Å². The van der Waals surface area contributed by atoms with Crippen molar-refractivity contribution in [3.63, 3.8) is 0 Å². The Balaban J connectivity index is 2.23. The van der Waals surface area contributed by atoms with Gasteiger partial charge in [-0.05, 0) is 25.9 Å². The van der Waals surface area contributed by atoms with Gasteiger partial charge in [0.05, 0.1) is 6.54 Å². The van der Waals surface area contributed by atoms with E-state index in [9.17, 15) is 8.78 Å². The lowest BCUT2D eigenvalue weighted by Gasteiger charge is -2.29. The molecule has 0 atom stereocenters. The van der Waals surface area contributed by atoms with Gasteiger partial charge >= 0.3 is 0 Å². The second kappa shape index (κ2) is 4.42. The molecular weight excluding hydrogens is 160 g/mol. The molecule has 0 aromatic carbocycles. The number of terminal acetylenes is 1. The molecule has 0 unspecified atom stereocenters. The second-order valence-corrected chi connectivity index (χ2v) is 3.13. The van der Waals surface area contributed by atoms with E-state index in [1.54, 1.807) is 4.90 Å². The summed E-state index contributed by atoms with van der Waals surface area (Å²) >= 11 is 0. The van der Waals surface area contributed by atoms with Gasteiger partial charge in [0.2, 0.25) is 0 Å². The maximum absolute atomic E-state index is 11.9. The van der Waals surface area contributed by atoms with Gasteiger partial charge in [0.15, 0.2) is 0 Å². The number of halogens is 2. The summed E-state index contributed by atoms with van der Waals surface area (Å²) in [7, 11) is 0. The zero-order valence-electron chi connectivity index (χ0n) is 6.97. The van der Waals surface area contributed by atoms with Gasteiger partial charge in [0.25, 0.3) is 6.43 Å². The van der Waals surface area contributed by atoms with Gasteiger partial charge in [0.1, 0.15) is 0 Å². The van der Waals surface area contributed by atoms with Crippen LogP contribution in [-0.4, -0.2) is 31.0 Å². The summed E-state index contributed by atoms with van der Waals surface area (Å²) in [5.74, 6) is 2.97. The van der Waals surface area contributed by atoms with Crippen molar-refractivity contribution < 1.29 is 8.78 Å². The maximum atomic E-state index is 11.9. The summed E-state index contributed by atoms with van der Waals surface area (Å²) in [4.78, 5) is 1.78. The van der Waals surface area contributed by atoms with E-state index in [2.05, 4.69) is 5.92 Å². The van der Waals surface area contributed by atoms with Gasteiger partial charge < -0.3 is 0 Å². The van der Waals surface area contributed by atoms with Crippen LogP contribution in [0.15, 0.2) is 0 Å². The van der Waals surface area contributed by atoms with E-state index < -0.39 is 6.43 Å². The zero-order chi connectivity index (χ0) is 8.97. The minimum absolute atomic E-state index is 0.0999. The van der Waals surface area contributed by atoms with Gasteiger partial charge in [-0.2, -0.15) is 0 Å². The molecule has 0 spiro atoms. The minimum Gasteiger partial charge on any atom is -0.298 e. The number of likely N-dealkylation sites (tertiary alicyclic amines) is 1. The molecule has 68 valence electrons. The molecule has 0 aromatic heterocycles. The number of nitrogens with zero attached hydrogens (tertiary/aromatic N) is 1. The Hall–Kier alpha value is -0.620. The quantitative estimate of drug-likeness (QED) is 0.573. The standard InChI is InChI=1S/C9H13F2N/c1-2-8-3-5-12(6-4-8)7-9(10)11/h1,8-9H,3-7H2. The molecule has 0 saturated carbocycles. The molecule has 0 amide bonds. The van der Waals surface area contributed by atoms with Crippen LogP contribution in [-0.2, 0) is 0 Å². The fourth-order valence-electron chi connectivity index (χ4n) is 1.48. The van der Waals surface area contributed by atoms with Crippen molar-refractivity contribution in [1.82, 2.24) is 4.90 Å². The van der Waals surface area contributed by atoms with Crippen molar-refractivity contribution in [2.24, 2.45) is 5.92 Å². The van der Waals surface area contributed by atoms with Crippen molar-refractivity contribution >= 4 is 0 Å². The van der Waals surface area contributed by atoms with Crippen LogP contribution in [0.3, 0.4) is 0 Å². The van der Waals surface area contributed by atoms with Crippen LogP contribution in [0.2, 0.25) is 0 Å². The highest BCUT2D eigenvalue weighted by Crippen LogP contribution is 2.16. The molecule has 0 radical (unpaired) electrons. The number of hydrogen-bond donors (Lipinski definition) is 0. The smallest absolute Gasteiger partial charge is 0.251 e. The molecule has 1 nitrogen and oxygen atoms in total. The van der Waals surface area contributed by atoms with E-state index in [0.717, 1.165) is 25.9 Å². The Kier molecular flexibility index (Phi) is 3.48. The average molecular weight is 173 g/mol. The van der Waals surface area contributed by atoms with Gasteiger partial charge in [0, 0.05) is 5.92 Å². The van der Waals surface area contributed by atoms with Crippen LogP contribution < -0.4 is 0 Å². The number of piperidine rings is 1. The van der Waals surface area contributed by atoms with Gasteiger partial charge in [-0.1, -0.05) is 0 Å². The molecule has 1 rings (SSSR count). The van der Waals surface area contributed by atoms with E-state index in [1.807, 2.05) is 0 Å². The first-order chi connectivity index (χ1) is 5.72. The summed E-state index contributed by atoms with van der Waals surface area (Å²) in [5.41, 5.74) is 0. The highest BCUT2D eigenvalue weighted by molar-refractivity contribution is 4.95. The van der Waals surface area contributed by atoms with E-state index in [4.69, 9.17) is 6.42 Å². The Morgan fingerprint density at radius 1 is 1.42 bits per heavy atom. The zero-order valence-corrected chi connectivity index (χ0v) is 6.97. The highest BCUT2D eigenvalue weighted by Gasteiger charge is 2.19. The van der Waals surface area contributed by atoms with Crippen LogP contribution >= 0.6 is 0 Å². The first kappa shape index (κ1) is 9.47. The Morgan fingerprint density at radius 2 is 2.00 bits per heavy atom. The van der Waals surface area contributed by atoms with Crippen LogP contribution in [0.25, 0.3) is 0 Å². The predicted octanol–water partition coefficient (Wildman–Crippen LogP) is 1.60. The number of rotatable bonds is 2. The minimum atomic E-state index is -2.22. The van der Waals surface area contributed by atoms with Crippen LogP contribution in [0.5, 0.6) is 0 Å². The first-order valence-electron chi connectivity index (χ1n) is 4.19. The van der Waals surface area contributed by atoms with E-state index >= 15 is 0 Å². The van der Waals surface area contributed by atoms with Crippen LogP contribution in [0.4, 0.5) is 8.78 Å². The van der Waals surface area contributed by atoms with Crippen molar-refractivity contribution in [1.29, 1.82) is 0 Å². The SMILES string of the molecule is C#CC1CCN(CC(F)F)CC1. The summed E-state index contributed by atoms with van der Waals surface area (Å²) in [6, 6.07) is 0. The fraction of sp³-hybridized carbons (Fsp3) is 0.778. The number of alkyl halides is 2. The highest BCUT2D eigenvalue weighted by atomic mass is 19.3. The van der Waals surface area contributed by atoms with E-state index in [0.29, 0.717) is 5.92 Å². The molecule has 1 fully saturated rings. The molecular formula is C9H13F2N. The third kappa shape index (κ3) is 2.78. The monoisotopic (exact) mass is 173 g/mol. The largest absolute Gasteiger partial charge is 0.298 e. The van der Waals surface area contributed by atoms with Crippen LogP contribution in [0, 0.1) is 18.3 Å². The third-order valence-electron chi connectivity index (χ3n) is 2.22. The normalized spacial score (nSPS) is 21.2. The lowest BCUT2D eigenvalue weighted by atomic mass is 9.98. The van der Waals surface area contributed by atoms with Gasteiger partial charge in [-0.25, -0.2) is 8.78 Å². The van der Waals surface area contributed by atoms with Gasteiger partial charge in [-0.15, -0.1) is 12.3 Å². The van der Waals surface area contributed by atoms with Crippen molar-refractivity contribution in [2.45, 2.75) is 19.3 Å². The van der Waals surface area contributed by atoms with E-state index in [-0.39, 0.29) is 6.54 Å². The third-order valence-corrected chi connectivity index (χ3v) is 2.22. The molecule has 1 aliphatic rings. The molecule has 0 N–H and O–H groups in total. The average Bonchev–Trinajstić information content (AvgIpc) is 2.05. The summed E-state index contributed by atoms with van der Waals surface area (Å²) in [6.45, 7) is 1.34. The molecule has 0 aliphatic carbocycles. The molecule has 0 bridgehead atoms. The summed E-state index contributed by atoms with van der Waals surface area (Å²) < 4.78 is 23.8. The summed E-state index contributed by atoms with van der Waals surface area (Å²) in [5, 5.41) is 0. The molecule has 1 aliphatic heterocycles. The predicted molar refractivity (Wildman–Crippen MR) is 44.0 cm³/mol. The lowest BCUT2D eigenvalue weighted by molar-refractivity contribution is 0.0740. The first-order valence-corrected chi connectivity index (χ1v) is 4.19. The molecule has 0 aromatic rings. The fourth-order valence-corrected chi connectivity index (χ4v) is 1.48. The Labute approximate surface area is 71.7 Å². The summed E-state index contributed by atoms with van der Waals surface area (Å²) in [6.07, 6.45) is 4.75. The number of hydrogen-bond acceptors (Lipinski definition) is 1. The molecule has 1 saturated heterocycles. The molecule has 12 heavy (non-hydrogen) atoms. The lowest BCUT2D eigenvalue weighted by Crippen LogP contribution is -2.36. The van der Waals surface area contributed by atoms with Crippen molar-refractivity contribution in [3.05, 3.63) is 0 Å². The molecule has 1 heterocycles. The van der Waals surface area contributed by atoms with Crippen molar-refractivity contribution in [2.75, 3.05) is 19.6 Å². The van der Waals surface area contributed by atoms with Crippen LogP contribution in [0.1, 0.15) is 12.8 Å².